The second kappa shape index (κ2) is 9.52. The zero-order chi connectivity index (χ0) is 20.1. The molecule has 3 rings (SSSR count). The number of alkyl halides is 1. The molecule has 28 heavy (non-hydrogen) atoms. The summed E-state index contributed by atoms with van der Waals surface area (Å²) < 4.78 is 7.97. The molecule has 8 nitrogen and oxygen atoms in total. The number of amides is 1. The Morgan fingerprint density at radius 3 is 2.89 bits per heavy atom. The third-order valence-electron chi connectivity index (χ3n) is 4.22. The molecular formula is C18H20IN4O4S-. The molecule has 2 aromatic heterocycles. The van der Waals surface area contributed by atoms with E-state index in [9.17, 15) is 14.4 Å². The predicted molar refractivity (Wildman–Crippen MR) is 101 cm³/mol. The molecule has 1 atom stereocenters. The molecule has 0 aromatic carbocycles. The number of fused-ring (bicyclic) bond motifs is 1. The van der Waals surface area contributed by atoms with Crippen LogP contribution in [0.5, 0.6) is 0 Å². The number of anilines is 2. The van der Waals surface area contributed by atoms with Crippen LogP contribution in [0.1, 0.15) is 38.6 Å². The molecule has 0 aliphatic heterocycles. The van der Waals surface area contributed by atoms with Crippen molar-refractivity contribution in [3.8, 4) is 0 Å². The van der Waals surface area contributed by atoms with Gasteiger partial charge in [0.15, 0.2) is 0 Å². The Labute approximate surface area is 177 Å². The fourth-order valence-corrected chi connectivity index (χ4v) is 4.85. The topological polar surface area (TPSA) is 110 Å². The van der Waals surface area contributed by atoms with Crippen LogP contribution in [-0.2, 0) is 16.0 Å². The standard InChI is InChI=1S/C18H20IN4O4S/c1-19-23-13-7-6-10(8-20-13)15(25)11-4-3-5-12-17(16(11)26)28-18(21-12)22-14(24)9-27-2/h6-8,11H,3-5,9H2,1-2H3,(H,20,23)(H,21,22,24)/q-1. The van der Waals surface area contributed by atoms with Crippen LogP contribution in [0.4, 0.5) is 10.9 Å². The van der Waals surface area contributed by atoms with Crippen molar-refractivity contribution in [3.05, 3.63) is 34.5 Å². The van der Waals surface area contributed by atoms with Gasteiger partial charge in [-0.2, -0.15) is 0 Å². The Hall–Kier alpha value is -1.92. The average Bonchev–Trinajstić information content (AvgIpc) is 3.01. The third-order valence-corrected chi connectivity index (χ3v) is 6.34. The fourth-order valence-electron chi connectivity index (χ4n) is 2.96. The summed E-state index contributed by atoms with van der Waals surface area (Å²) in [5.74, 6) is -0.797. The minimum absolute atomic E-state index is 0.0862. The molecule has 0 saturated carbocycles. The number of hydrogen-bond donors (Lipinski definition) is 2. The molecule has 1 unspecified atom stereocenters. The van der Waals surface area contributed by atoms with Gasteiger partial charge in [0.1, 0.15) is 6.61 Å². The van der Waals surface area contributed by atoms with E-state index < -0.39 is 5.92 Å². The first-order valence-electron chi connectivity index (χ1n) is 8.61. The van der Waals surface area contributed by atoms with Gasteiger partial charge in [0.25, 0.3) is 5.91 Å². The minimum atomic E-state index is -0.747. The Balaban J connectivity index is 1.79. The van der Waals surface area contributed by atoms with Crippen molar-refractivity contribution < 1.29 is 40.6 Å². The first kappa shape index (κ1) is 20.8. The van der Waals surface area contributed by atoms with E-state index in [0.29, 0.717) is 40.5 Å². The Morgan fingerprint density at radius 2 is 2.21 bits per heavy atom. The number of methoxy groups -OCH3 is 1. The van der Waals surface area contributed by atoms with E-state index in [-0.39, 0.29) is 45.6 Å². The van der Waals surface area contributed by atoms with Gasteiger partial charge in [-0.25, -0.2) is 0 Å². The van der Waals surface area contributed by atoms with Crippen molar-refractivity contribution in [2.45, 2.75) is 19.3 Å². The number of nitrogens with one attached hydrogen (secondary N) is 2. The van der Waals surface area contributed by atoms with Crippen LogP contribution in [0.2, 0.25) is 0 Å². The molecular weight excluding hydrogens is 495 g/mol. The summed E-state index contributed by atoms with van der Waals surface area (Å²) in [5, 5.41) is 2.98. The number of rotatable bonds is 7. The number of pyridine rings is 1. The molecule has 1 aliphatic rings. The van der Waals surface area contributed by atoms with Crippen molar-refractivity contribution in [1.29, 1.82) is 0 Å². The van der Waals surface area contributed by atoms with Crippen molar-refractivity contribution in [1.82, 2.24) is 9.97 Å². The molecule has 150 valence electrons. The van der Waals surface area contributed by atoms with Crippen molar-refractivity contribution in [2.75, 3.05) is 27.5 Å². The van der Waals surface area contributed by atoms with E-state index in [0.717, 1.165) is 17.2 Å². The van der Waals surface area contributed by atoms with E-state index in [1.807, 2.05) is 0 Å². The molecule has 2 aromatic rings. The zero-order valence-corrected chi connectivity index (χ0v) is 18.4. The second-order valence-electron chi connectivity index (χ2n) is 6.16. The molecule has 2 heterocycles. The number of aryl methyl sites for hydroxylation is 1. The van der Waals surface area contributed by atoms with Crippen LogP contribution in [0.3, 0.4) is 0 Å². The van der Waals surface area contributed by atoms with Gasteiger partial charge in [0.2, 0.25) is 0 Å². The predicted octanol–water partition coefficient (Wildman–Crippen LogP) is -0.813. The molecule has 2 N–H and O–H groups in total. The van der Waals surface area contributed by atoms with Gasteiger partial charge >= 0.3 is 148 Å². The number of nitrogens with zero attached hydrogens (tertiary/aromatic N) is 2. The number of hydrogen-bond acceptors (Lipinski definition) is 8. The average molecular weight is 515 g/mol. The van der Waals surface area contributed by atoms with E-state index in [4.69, 9.17) is 4.74 Å². The molecule has 0 saturated heterocycles. The molecule has 1 amide bonds. The Kier molecular flexibility index (Phi) is 7.08. The fraction of sp³-hybridized carbons (Fsp3) is 0.389. The Bertz CT molecular complexity index is 884. The summed E-state index contributed by atoms with van der Waals surface area (Å²) in [4.78, 5) is 48.8. The van der Waals surface area contributed by atoms with Crippen LogP contribution in [0.25, 0.3) is 0 Å². The maximum atomic E-state index is 13.0. The second-order valence-corrected chi connectivity index (χ2v) is 8.78. The summed E-state index contributed by atoms with van der Waals surface area (Å²) >= 11 is 0.962. The van der Waals surface area contributed by atoms with Crippen LogP contribution in [0.15, 0.2) is 18.3 Å². The van der Waals surface area contributed by atoms with Gasteiger partial charge in [-0.05, 0) is 0 Å². The van der Waals surface area contributed by atoms with Crippen LogP contribution < -0.4 is 30.3 Å². The summed E-state index contributed by atoms with van der Waals surface area (Å²) in [6.07, 6.45) is 3.28. The van der Waals surface area contributed by atoms with E-state index in [1.54, 1.807) is 12.1 Å². The number of carbonyl (C=O) groups excluding carboxylic acids is 3. The van der Waals surface area contributed by atoms with Gasteiger partial charge in [0.05, 0.1) is 0 Å². The van der Waals surface area contributed by atoms with Gasteiger partial charge in [-0.3, -0.25) is 4.79 Å². The number of ketones is 2. The van der Waals surface area contributed by atoms with Crippen molar-refractivity contribution in [2.24, 2.45) is 5.92 Å². The molecule has 0 bridgehead atoms. The van der Waals surface area contributed by atoms with Crippen molar-refractivity contribution in [3.63, 3.8) is 0 Å². The molecule has 1 aliphatic carbocycles. The monoisotopic (exact) mass is 515 g/mol. The number of Topliss-reactive ketones (excluding diaryl/α,β-unsaturated/α-hetero) is 2. The number of carbonyl (C=O) groups is 3. The van der Waals surface area contributed by atoms with Crippen LogP contribution >= 0.6 is 11.3 Å². The molecule has 0 radical (unpaired) electrons. The third kappa shape index (κ3) is 4.73. The van der Waals surface area contributed by atoms with E-state index in [2.05, 4.69) is 23.7 Å². The van der Waals surface area contributed by atoms with E-state index >= 15 is 0 Å². The number of aromatic nitrogens is 2. The van der Waals surface area contributed by atoms with Crippen LogP contribution in [0, 0.1) is 5.92 Å². The maximum absolute atomic E-state index is 13.0. The molecule has 0 fully saturated rings. The van der Waals surface area contributed by atoms with E-state index in [1.165, 1.54) is 13.3 Å². The van der Waals surface area contributed by atoms with Crippen molar-refractivity contribution >= 4 is 39.8 Å². The first-order chi connectivity index (χ1) is 13.5. The van der Waals surface area contributed by atoms with Gasteiger partial charge in [-0.15, -0.1) is 0 Å². The zero-order valence-electron chi connectivity index (χ0n) is 15.5. The normalized spacial score (nSPS) is 16.4. The van der Waals surface area contributed by atoms with Gasteiger partial charge in [0, 0.05) is 7.11 Å². The SMILES string of the molecule is COCC(=O)Nc1nc2c(s1)C(=O)C(C(=O)c1ccc(N[I-]C)nc1)CCC2. The van der Waals surface area contributed by atoms with Gasteiger partial charge < -0.3 is 4.74 Å². The van der Waals surface area contributed by atoms with Crippen LogP contribution in [-0.4, -0.2) is 46.1 Å². The number of halogens is 1. The number of thiazole rings is 1. The summed E-state index contributed by atoms with van der Waals surface area (Å²) in [7, 11) is 1.43. The summed E-state index contributed by atoms with van der Waals surface area (Å²) in [6.45, 7) is -0.0862. The quantitative estimate of drug-likeness (QED) is 0.124. The Morgan fingerprint density at radius 1 is 1.39 bits per heavy atom. The van der Waals surface area contributed by atoms with Gasteiger partial charge in [-0.1, -0.05) is 0 Å². The molecule has 10 heteroatoms. The summed E-state index contributed by atoms with van der Waals surface area (Å²) in [6, 6.07) is 3.47. The molecule has 0 spiro atoms. The first-order valence-corrected chi connectivity index (χ1v) is 12.7. The number of ether oxygens (including phenoxy) is 1. The summed E-state index contributed by atoms with van der Waals surface area (Å²) in [5.41, 5.74) is 1.07.